The van der Waals surface area contributed by atoms with Gasteiger partial charge < -0.3 is 14.5 Å². The summed E-state index contributed by atoms with van der Waals surface area (Å²) in [4.78, 5) is 29.7. The van der Waals surface area contributed by atoms with Crippen molar-refractivity contribution < 1.29 is 14.3 Å². The van der Waals surface area contributed by atoms with Gasteiger partial charge in [-0.05, 0) is 45.4 Å². The molecule has 2 atom stereocenters. The molecule has 0 unspecified atom stereocenters. The molecule has 4 rings (SSSR count). The summed E-state index contributed by atoms with van der Waals surface area (Å²) in [6.45, 7) is 7.93. The van der Waals surface area contributed by atoms with Crippen LogP contribution in [0.2, 0.25) is 0 Å². The highest BCUT2D eigenvalue weighted by atomic mass is 16.5. The number of likely N-dealkylation sites (tertiary alicyclic amines) is 2. The lowest BCUT2D eigenvalue weighted by Crippen LogP contribution is -2.40. The van der Waals surface area contributed by atoms with Crippen LogP contribution in [0.5, 0.6) is 5.75 Å². The molecule has 2 fully saturated rings. The molecule has 0 bridgehead atoms. The van der Waals surface area contributed by atoms with Crippen LogP contribution in [0.25, 0.3) is 0 Å². The second kappa shape index (κ2) is 7.17. The van der Waals surface area contributed by atoms with Crippen LogP contribution in [0, 0.1) is 5.92 Å². The van der Waals surface area contributed by atoms with Crippen molar-refractivity contribution in [3.8, 4) is 5.75 Å². The van der Waals surface area contributed by atoms with Crippen LogP contribution in [0.1, 0.15) is 48.0 Å². The second-order valence-electron chi connectivity index (χ2n) is 8.78. The minimum atomic E-state index is -0.229. The van der Waals surface area contributed by atoms with E-state index in [1.165, 1.54) is 0 Å². The van der Waals surface area contributed by atoms with Crippen molar-refractivity contribution in [2.75, 3.05) is 26.7 Å². The predicted octanol–water partition coefficient (Wildman–Crippen LogP) is 2.03. The van der Waals surface area contributed by atoms with E-state index in [-0.39, 0.29) is 23.4 Å². The van der Waals surface area contributed by atoms with Gasteiger partial charge in [0.1, 0.15) is 5.75 Å². The van der Waals surface area contributed by atoms with Crippen molar-refractivity contribution in [3.05, 3.63) is 41.7 Å². The summed E-state index contributed by atoms with van der Waals surface area (Å²) in [5.74, 6) is 0.830. The van der Waals surface area contributed by atoms with Crippen LogP contribution < -0.4 is 4.74 Å². The van der Waals surface area contributed by atoms with Gasteiger partial charge in [0.15, 0.2) is 5.69 Å². The zero-order chi connectivity index (χ0) is 20.8. The lowest BCUT2D eigenvalue weighted by molar-refractivity contribution is 0.0686. The summed E-state index contributed by atoms with van der Waals surface area (Å²) < 4.78 is 6.94. The Bertz CT molecular complexity index is 932. The van der Waals surface area contributed by atoms with Crippen LogP contribution in [0.3, 0.4) is 0 Å². The molecule has 0 aliphatic carbocycles. The highest BCUT2D eigenvalue weighted by Crippen LogP contribution is 2.33. The summed E-state index contributed by atoms with van der Waals surface area (Å²) in [5.41, 5.74) is 0.737. The summed E-state index contributed by atoms with van der Waals surface area (Å²) in [5, 5.41) is 8.16. The number of carbonyl (C=O) groups is 2. The van der Waals surface area contributed by atoms with E-state index in [0.29, 0.717) is 42.6 Å². The van der Waals surface area contributed by atoms with E-state index in [1.54, 1.807) is 35.0 Å². The molecular formula is C21H27N5O3. The maximum atomic E-state index is 13.1. The molecule has 8 nitrogen and oxygen atoms in total. The predicted molar refractivity (Wildman–Crippen MR) is 107 cm³/mol. The van der Waals surface area contributed by atoms with Gasteiger partial charge in [0.2, 0.25) is 0 Å². The summed E-state index contributed by atoms with van der Waals surface area (Å²) in [7, 11) is 1.59. The number of ether oxygens (including phenoxy) is 1. The molecule has 8 heteroatoms. The van der Waals surface area contributed by atoms with Gasteiger partial charge in [-0.2, -0.15) is 0 Å². The normalized spacial score (nSPS) is 21.4. The highest BCUT2D eigenvalue weighted by molar-refractivity contribution is 5.95. The molecule has 0 saturated carbocycles. The smallest absolute Gasteiger partial charge is 0.276 e. The topological polar surface area (TPSA) is 80.6 Å². The number of nitrogens with zero attached hydrogens (tertiary/aromatic N) is 5. The van der Waals surface area contributed by atoms with Crippen molar-refractivity contribution >= 4 is 11.8 Å². The Kier molecular flexibility index (Phi) is 4.80. The van der Waals surface area contributed by atoms with Crippen LogP contribution >= 0.6 is 0 Å². The Labute approximate surface area is 170 Å². The van der Waals surface area contributed by atoms with Gasteiger partial charge in [-0.25, -0.2) is 4.68 Å². The third-order valence-electron chi connectivity index (χ3n) is 5.81. The Morgan fingerprint density at radius 3 is 2.66 bits per heavy atom. The minimum Gasteiger partial charge on any atom is -0.497 e. The number of hydrogen-bond acceptors (Lipinski definition) is 5. The quantitative estimate of drug-likeness (QED) is 0.792. The van der Waals surface area contributed by atoms with Crippen molar-refractivity contribution in [2.45, 2.75) is 38.8 Å². The SMILES string of the molecule is COc1cccc(C(=O)N2CC[C@@H]3CN(C(=O)c4cn(C(C)(C)C)nn4)C[C@@H]32)c1. The first-order valence-corrected chi connectivity index (χ1v) is 9.95. The molecule has 154 valence electrons. The van der Waals surface area contributed by atoms with E-state index >= 15 is 0 Å². The number of carbonyl (C=O) groups excluding carboxylic acids is 2. The lowest BCUT2D eigenvalue weighted by atomic mass is 10.0. The Morgan fingerprint density at radius 2 is 1.97 bits per heavy atom. The third-order valence-corrected chi connectivity index (χ3v) is 5.81. The van der Waals surface area contributed by atoms with Gasteiger partial charge in [0.05, 0.1) is 24.9 Å². The summed E-state index contributed by atoms with van der Waals surface area (Å²) >= 11 is 0. The van der Waals surface area contributed by atoms with Gasteiger partial charge in [-0.15, -0.1) is 5.10 Å². The van der Waals surface area contributed by atoms with Crippen LogP contribution in [0.4, 0.5) is 0 Å². The number of methoxy groups -OCH3 is 1. The first-order chi connectivity index (χ1) is 13.8. The maximum Gasteiger partial charge on any atom is 0.276 e. The number of aromatic nitrogens is 3. The minimum absolute atomic E-state index is 0.00984. The second-order valence-corrected chi connectivity index (χ2v) is 8.78. The van der Waals surface area contributed by atoms with Gasteiger partial charge in [0.25, 0.3) is 11.8 Å². The van der Waals surface area contributed by atoms with Gasteiger partial charge in [-0.3, -0.25) is 9.59 Å². The van der Waals surface area contributed by atoms with Gasteiger partial charge >= 0.3 is 0 Å². The highest BCUT2D eigenvalue weighted by Gasteiger charge is 2.45. The molecule has 2 aliphatic heterocycles. The fourth-order valence-corrected chi connectivity index (χ4v) is 4.15. The summed E-state index contributed by atoms with van der Waals surface area (Å²) in [6.07, 6.45) is 2.61. The zero-order valence-corrected chi connectivity index (χ0v) is 17.3. The molecule has 1 aromatic heterocycles. The number of benzene rings is 1. The van der Waals surface area contributed by atoms with E-state index in [9.17, 15) is 9.59 Å². The van der Waals surface area contributed by atoms with E-state index in [1.807, 2.05) is 37.8 Å². The Balaban J connectivity index is 1.47. The van der Waals surface area contributed by atoms with E-state index in [0.717, 1.165) is 6.42 Å². The first kappa shape index (κ1) is 19.4. The molecule has 2 aromatic rings. The molecule has 2 saturated heterocycles. The largest absolute Gasteiger partial charge is 0.497 e. The number of amides is 2. The maximum absolute atomic E-state index is 13.1. The zero-order valence-electron chi connectivity index (χ0n) is 17.3. The van der Waals surface area contributed by atoms with Gasteiger partial charge in [0, 0.05) is 31.1 Å². The number of fused-ring (bicyclic) bond motifs is 1. The van der Waals surface area contributed by atoms with Crippen molar-refractivity contribution in [3.63, 3.8) is 0 Å². The molecule has 2 aliphatic rings. The fraction of sp³-hybridized carbons (Fsp3) is 0.524. The van der Waals surface area contributed by atoms with Crippen LogP contribution in [0.15, 0.2) is 30.5 Å². The molecule has 29 heavy (non-hydrogen) atoms. The first-order valence-electron chi connectivity index (χ1n) is 9.95. The van der Waals surface area contributed by atoms with Crippen LogP contribution in [-0.4, -0.2) is 69.4 Å². The van der Waals surface area contributed by atoms with Crippen molar-refractivity contribution in [2.24, 2.45) is 5.92 Å². The van der Waals surface area contributed by atoms with E-state index in [4.69, 9.17) is 4.74 Å². The van der Waals surface area contributed by atoms with E-state index < -0.39 is 0 Å². The molecule has 1 aromatic carbocycles. The molecule has 0 radical (unpaired) electrons. The van der Waals surface area contributed by atoms with Crippen molar-refractivity contribution in [1.29, 1.82) is 0 Å². The molecular weight excluding hydrogens is 370 g/mol. The molecule has 0 N–H and O–H groups in total. The van der Waals surface area contributed by atoms with Gasteiger partial charge in [-0.1, -0.05) is 11.3 Å². The number of rotatable bonds is 3. The Hall–Kier alpha value is -2.90. The third kappa shape index (κ3) is 3.59. The monoisotopic (exact) mass is 397 g/mol. The average molecular weight is 397 g/mol. The molecule has 2 amide bonds. The average Bonchev–Trinajstić information content (AvgIpc) is 3.41. The summed E-state index contributed by atoms with van der Waals surface area (Å²) in [6, 6.07) is 7.25. The van der Waals surface area contributed by atoms with Crippen LogP contribution in [-0.2, 0) is 5.54 Å². The van der Waals surface area contributed by atoms with Crippen molar-refractivity contribution in [1.82, 2.24) is 24.8 Å². The lowest BCUT2D eigenvalue weighted by Gasteiger charge is -2.25. The Morgan fingerprint density at radius 1 is 1.17 bits per heavy atom. The molecule has 0 spiro atoms. The fourth-order valence-electron chi connectivity index (χ4n) is 4.15. The van der Waals surface area contributed by atoms with E-state index in [2.05, 4.69) is 10.3 Å². The molecule has 3 heterocycles. The number of hydrogen-bond donors (Lipinski definition) is 0. The standard InChI is InChI=1S/C21H27N5O3/c1-21(2,3)26-12-17(22-23-26)20(28)24-11-15-8-9-25(18(15)13-24)19(27)14-6-5-7-16(10-14)29-4/h5-7,10,12,15,18H,8-9,11,13H2,1-4H3/t15-,18+/m1/s1.